The van der Waals surface area contributed by atoms with E-state index in [1.807, 2.05) is 17.0 Å². The monoisotopic (exact) mass is 494 g/mol. The second kappa shape index (κ2) is 9.00. The number of nitrogens with zero attached hydrogens (tertiary/aromatic N) is 1. The van der Waals surface area contributed by atoms with Gasteiger partial charge in [-0.1, -0.05) is 30.3 Å². The third-order valence-corrected chi connectivity index (χ3v) is 8.13. The molecule has 8 heteroatoms. The van der Waals surface area contributed by atoms with Crippen molar-refractivity contribution >= 4 is 21.6 Å². The fourth-order valence-electron chi connectivity index (χ4n) is 4.89. The van der Waals surface area contributed by atoms with Gasteiger partial charge in [-0.3, -0.25) is 9.52 Å². The summed E-state index contributed by atoms with van der Waals surface area (Å²) in [6, 6.07) is 16.9. The first kappa shape index (κ1) is 23.4. The Morgan fingerprint density at radius 3 is 2.66 bits per heavy atom. The Hall–Kier alpha value is -3.39. The summed E-state index contributed by atoms with van der Waals surface area (Å²) in [5, 5.41) is 0. The lowest BCUT2D eigenvalue weighted by Gasteiger charge is -2.35. The molecule has 0 spiro atoms. The van der Waals surface area contributed by atoms with E-state index in [1.54, 1.807) is 32.0 Å². The topological polar surface area (TPSA) is 75.7 Å². The number of fused-ring (bicyclic) bond motifs is 2. The van der Waals surface area contributed by atoms with Crippen LogP contribution >= 0.6 is 0 Å². The number of rotatable bonds is 4. The summed E-state index contributed by atoms with van der Waals surface area (Å²) in [6.45, 7) is 3.61. The maximum Gasteiger partial charge on any atom is 0.264 e. The predicted molar refractivity (Wildman–Crippen MR) is 131 cm³/mol. The average molecular weight is 495 g/mol. The summed E-state index contributed by atoms with van der Waals surface area (Å²) >= 11 is 0. The van der Waals surface area contributed by atoms with E-state index in [9.17, 15) is 17.6 Å². The molecule has 1 aliphatic heterocycles. The number of amides is 1. The lowest BCUT2D eigenvalue weighted by molar-refractivity contribution is -0.140. The second-order valence-corrected chi connectivity index (χ2v) is 10.9. The molecule has 3 aromatic carbocycles. The van der Waals surface area contributed by atoms with Crippen LogP contribution in [0.5, 0.6) is 5.75 Å². The van der Waals surface area contributed by atoms with Gasteiger partial charge in [0.05, 0.1) is 17.5 Å². The van der Waals surface area contributed by atoms with Crippen LogP contribution < -0.4 is 9.46 Å². The van der Waals surface area contributed by atoms with Crippen molar-refractivity contribution in [2.75, 3.05) is 4.72 Å². The van der Waals surface area contributed by atoms with Gasteiger partial charge >= 0.3 is 0 Å². The van der Waals surface area contributed by atoms with Gasteiger partial charge in [0.25, 0.3) is 15.9 Å². The second-order valence-electron chi connectivity index (χ2n) is 9.17. The van der Waals surface area contributed by atoms with E-state index in [0.717, 1.165) is 30.9 Å². The number of hydrogen-bond donors (Lipinski definition) is 1. The Morgan fingerprint density at radius 2 is 1.86 bits per heavy atom. The molecule has 1 N–H and O–H groups in total. The minimum atomic E-state index is -4.00. The Bertz CT molecular complexity index is 1410. The van der Waals surface area contributed by atoms with Crippen LogP contribution in [0.15, 0.2) is 65.6 Å². The minimum absolute atomic E-state index is 0.0691. The molecule has 0 aromatic heterocycles. The molecule has 1 aliphatic carbocycles. The van der Waals surface area contributed by atoms with E-state index in [1.165, 1.54) is 17.7 Å². The van der Waals surface area contributed by atoms with Crippen LogP contribution in [0.2, 0.25) is 0 Å². The molecule has 0 saturated heterocycles. The molecule has 6 nitrogen and oxygen atoms in total. The molecule has 3 aromatic rings. The van der Waals surface area contributed by atoms with E-state index in [-0.39, 0.29) is 16.8 Å². The largest absolute Gasteiger partial charge is 0.481 e. The van der Waals surface area contributed by atoms with E-state index in [4.69, 9.17) is 4.74 Å². The van der Waals surface area contributed by atoms with Crippen molar-refractivity contribution in [2.24, 2.45) is 0 Å². The molecule has 2 aliphatic rings. The summed E-state index contributed by atoms with van der Waals surface area (Å²) in [7, 11) is -4.00. The zero-order valence-corrected chi connectivity index (χ0v) is 20.4. The van der Waals surface area contributed by atoms with Gasteiger partial charge < -0.3 is 9.64 Å². The predicted octanol–water partition coefficient (Wildman–Crippen LogP) is 5.12. The first-order chi connectivity index (χ1) is 16.7. The highest BCUT2D eigenvalue weighted by Gasteiger charge is 2.35. The van der Waals surface area contributed by atoms with Crippen molar-refractivity contribution in [3.63, 3.8) is 0 Å². The number of benzene rings is 3. The number of anilines is 1. The van der Waals surface area contributed by atoms with Crippen molar-refractivity contribution in [3.8, 4) is 5.75 Å². The Balaban J connectivity index is 1.47. The maximum absolute atomic E-state index is 14.0. The summed E-state index contributed by atoms with van der Waals surface area (Å²) in [4.78, 5) is 15.0. The molecule has 5 rings (SSSR count). The standard InChI is InChI=1S/C27H27FN2O4S/c1-17-10-12-22(15-24(17)28)35(32,33)29-21-11-13-26-20(14-21)16-30(27(31)18(2)34-26)25-9-5-7-19-6-3-4-8-23(19)25/h3-4,6,8,10-15,18,25,29H,5,7,9,16H2,1-2H3/t18-,25-/m1/s1. The van der Waals surface area contributed by atoms with E-state index < -0.39 is 21.9 Å². The van der Waals surface area contributed by atoms with Crippen LogP contribution in [0.3, 0.4) is 0 Å². The molecular formula is C27H27FN2O4S. The summed E-state index contributed by atoms with van der Waals surface area (Å²) in [6.07, 6.45) is 2.17. The van der Waals surface area contributed by atoms with Crippen LogP contribution in [-0.4, -0.2) is 25.3 Å². The molecule has 0 unspecified atom stereocenters. The number of aryl methyl sites for hydroxylation is 2. The highest BCUT2D eigenvalue weighted by atomic mass is 32.2. The zero-order valence-electron chi connectivity index (χ0n) is 19.6. The van der Waals surface area contributed by atoms with E-state index in [2.05, 4.69) is 16.9 Å². The van der Waals surface area contributed by atoms with Gasteiger partial charge in [0, 0.05) is 11.3 Å². The number of carbonyl (C=O) groups excluding carboxylic acids is 1. The van der Waals surface area contributed by atoms with Crippen LogP contribution in [-0.2, 0) is 27.8 Å². The van der Waals surface area contributed by atoms with Crippen LogP contribution in [0.1, 0.15) is 48.1 Å². The van der Waals surface area contributed by atoms with Crippen molar-refractivity contribution < 1.29 is 22.3 Å². The Kier molecular flexibility index (Phi) is 6.01. The highest BCUT2D eigenvalue weighted by molar-refractivity contribution is 7.92. The smallest absolute Gasteiger partial charge is 0.264 e. The van der Waals surface area contributed by atoms with Gasteiger partial charge in [0.15, 0.2) is 6.10 Å². The Labute approximate surface area is 204 Å². The van der Waals surface area contributed by atoms with Crippen LogP contribution in [0.4, 0.5) is 10.1 Å². The number of nitrogens with one attached hydrogen (secondary N) is 1. The molecule has 0 fully saturated rings. The van der Waals surface area contributed by atoms with Crippen molar-refractivity contribution in [1.29, 1.82) is 0 Å². The molecule has 0 radical (unpaired) electrons. The third-order valence-electron chi connectivity index (χ3n) is 6.76. The number of sulfonamides is 1. The fraction of sp³-hybridized carbons (Fsp3) is 0.296. The molecule has 1 heterocycles. The minimum Gasteiger partial charge on any atom is -0.481 e. The number of carbonyl (C=O) groups is 1. The van der Waals surface area contributed by atoms with Crippen molar-refractivity contribution in [1.82, 2.24) is 4.90 Å². The molecule has 1 amide bonds. The van der Waals surface area contributed by atoms with Gasteiger partial charge in [-0.25, -0.2) is 12.8 Å². The fourth-order valence-corrected chi connectivity index (χ4v) is 5.95. The molecule has 0 saturated carbocycles. The zero-order chi connectivity index (χ0) is 24.7. The van der Waals surface area contributed by atoms with Crippen LogP contribution in [0.25, 0.3) is 0 Å². The summed E-state index contributed by atoms with van der Waals surface area (Å²) in [5.41, 5.74) is 3.80. The molecule has 0 bridgehead atoms. The molecule has 182 valence electrons. The quantitative estimate of drug-likeness (QED) is 0.546. The van der Waals surface area contributed by atoms with Gasteiger partial charge in [-0.05, 0) is 80.1 Å². The normalized spacial score (nSPS) is 19.9. The number of hydrogen-bond acceptors (Lipinski definition) is 4. The van der Waals surface area contributed by atoms with Gasteiger partial charge in [0.2, 0.25) is 0 Å². The van der Waals surface area contributed by atoms with Crippen LogP contribution in [0, 0.1) is 12.7 Å². The molecule has 35 heavy (non-hydrogen) atoms. The van der Waals surface area contributed by atoms with Gasteiger partial charge in [-0.15, -0.1) is 0 Å². The van der Waals surface area contributed by atoms with Crippen molar-refractivity contribution in [2.45, 2.75) is 56.7 Å². The van der Waals surface area contributed by atoms with Crippen molar-refractivity contribution in [3.05, 3.63) is 88.7 Å². The van der Waals surface area contributed by atoms with E-state index >= 15 is 0 Å². The number of halogens is 1. The summed E-state index contributed by atoms with van der Waals surface area (Å²) < 4.78 is 48.2. The third kappa shape index (κ3) is 4.50. The number of ether oxygens (including phenoxy) is 1. The Morgan fingerprint density at radius 1 is 1.06 bits per heavy atom. The summed E-state index contributed by atoms with van der Waals surface area (Å²) in [5.74, 6) is -0.138. The maximum atomic E-state index is 14.0. The highest BCUT2D eigenvalue weighted by Crippen LogP contribution is 2.38. The van der Waals surface area contributed by atoms with Gasteiger partial charge in [-0.2, -0.15) is 0 Å². The SMILES string of the molecule is Cc1ccc(S(=O)(=O)Nc2ccc3c(c2)CN([C@@H]2CCCc4ccccc42)C(=O)[C@@H](C)O3)cc1F. The lowest BCUT2D eigenvalue weighted by Crippen LogP contribution is -2.41. The first-order valence-corrected chi connectivity index (χ1v) is 13.2. The van der Waals surface area contributed by atoms with Gasteiger partial charge in [0.1, 0.15) is 11.6 Å². The van der Waals surface area contributed by atoms with E-state index in [0.29, 0.717) is 29.1 Å². The first-order valence-electron chi connectivity index (χ1n) is 11.7. The lowest BCUT2D eigenvalue weighted by atomic mass is 9.86. The average Bonchev–Trinajstić information content (AvgIpc) is 2.96. The molecular weight excluding hydrogens is 467 g/mol. The molecule has 2 atom stereocenters.